The predicted molar refractivity (Wildman–Crippen MR) is 146 cm³/mol. The Bertz CT molecular complexity index is 1260. The van der Waals surface area contributed by atoms with Crippen LogP contribution >= 0.6 is 0 Å². The summed E-state index contributed by atoms with van der Waals surface area (Å²) in [5.74, 6) is 0.261. The van der Waals surface area contributed by atoms with E-state index in [0.29, 0.717) is 54.4 Å². The van der Waals surface area contributed by atoms with Crippen molar-refractivity contribution in [3.63, 3.8) is 0 Å². The number of hydrogen-bond donors (Lipinski definition) is 0. The van der Waals surface area contributed by atoms with Crippen LogP contribution in [0.25, 0.3) is 0 Å². The summed E-state index contributed by atoms with van der Waals surface area (Å²) >= 11 is 0. The molecule has 0 bridgehead atoms. The Morgan fingerprint density at radius 1 is 1.03 bits per heavy atom. The number of aliphatic imine (C=N–C) groups is 1. The van der Waals surface area contributed by atoms with Crippen molar-refractivity contribution >= 4 is 17.5 Å². The second-order valence-corrected chi connectivity index (χ2v) is 10.1. The molecule has 4 rings (SSSR count). The average Bonchev–Trinajstić information content (AvgIpc) is 2.90. The summed E-state index contributed by atoms with van der Waals surface area (Å²) in [5.41, 5.74) is 3.75. The maximum atomic E-state index is 13.9. The first-order valence-electron chi connectivity index (χ1n) is 13.2. The minimum Gasteiger partial charge on any atom is -0.493 e. The van der Waals surface area contributed by atoms with E-state index in [9.17, 15) is 9.59 Å². The second kappa shape index (κ2) is 11.8. The number of carbonyl (C=O) groups is 2. The van der Waals surface area contributed by atoms with Gasteiger partial charge in [0.05, 0.1) is 26.9 Å². The van der Waals surface area contributed by atoms with E-state index < -0.39 is 11.8 Å². The normalized spacial score (nSPS) is 21.1. The lowest BCUT2D eigenvalue weighted by Crippen LogP contribution is -2.38. The number of para-hydroxylation sites is 1. The molecule has 0 spiro atoms. The Balaban J connectivity index is 1.80. The van der Waals surface area contributed by atoms with Gasteiger partial charge in [0.15, 0.2) is 17.3 Å². The molecule has 1 aliphatic carbocycles. The van der Waals surface area contributed by atoms with E-state index in [1.807, 2.05) is 70.2 Å². The summed E-state index contributed by atoms with van der Waals surface area (Å²) in [5, 5.41) is 0. The van der Waals surface area contributed by atoms with E-state index in [0.717, 1.165) is 16.8 Å². The number of carbonyl (C=O) groups excluding carboxylic acids is 2. The van der Waals surface area contributed by atoms with E-state index in [-0.39, 0.29) is 23.8 Å². The molecule has 0 radical (unpaired) electrons. The SMILES string of the molecule is CCCOC(=O)C1C(C)=NC2=C(C(=O)C[C@@H](c3ccc(OC)c(OC)c3)C2)[C@H]1c1ccccc1OC(C)C. The van der Waals surface area contributed by atoms with Crippen LogP contribution in [0.5, 0.6) is 17.2 Å². The van der Waals surface area contributed by atoms with Crippen LogP contribution < -0.4 is 14.2 Å². The standard InChI is InChI=1S/C31H37NO6/c1-7-14-37-31(34)28-19(4)32-23-15-21(20-12-13-26(35-5)27(17-20)36-6)16-24(33)30(23)29(28)22-10-8-9-11-25(22)38-18(2)3/h8-13,17-18,21,28-29H,7,14-16H2,1-6H3/t21-,28?,29-/m0/s1. The third-order valence-corrected chi connectivity index (χ3v) is 7.09. The van der Waals surface area contributed by atoms with Crippen LogP contribution in [0.15, 0.2) is 58.7 Å². The lowest BCUT2D eigenvalue weighted by atomic mass is 9.69. The van der Waals surface area contributed by atoms with Crippen LogP contribution in [0.2, 0.25) is 0 Å². The summed E-state index contributed by atoms with van der Waals surface area (Å²) in [4.78, 5) is 32.2. The first-order chi connectivity index (χ1) is 18.3. The fraction of sp³-hybridized carbons (Fsp3) is 0.452. The summed E-state index contributed by atoms with van der Waals surface area (Å²) in [6, 6.07) is 13.4. The minimum absolute atomic E-state index is 0.0140. The van der Waals surface area contributed by atoms with Crippen molar-refractivity contribution in [2.45, 2.75) is 64.9 Å². The molecule has 1 aliphatic heterocycles. The van der Waals surface area contributed by atoms with E-state index in [1.165, 1.54) is 0 Å². The van der Waals surface area contributed by atoms with Gasteiger partial charge in [-0.15, -0.1) is 0 Å². The molecule has 0 saturated carbocycles. The summed E-state index contributed by atoms with van der Waals surface area (Å²) in [6.45, 7) is 8.05. The van der Waals surface area contributed by atoms with E-state index in [4.69, 9.17) is 23.9 Å². The molecule has 202 valence electrons. The molecule has 0 aromatic heterocycles. The molecule has 2 aliphatic rings. The zero-order valence-corrected chi connectivity index (χ0v) is 23.1. The number of nitrogens with zero attached hydrogens (tertiary/aromatic N) is 1. The molecular formula is C31H37NO6. The highest BCUT2D eigenvalue weighted by Crippen LogP contribution is 2.49. The fourth-order valence-electron chi connectivity index (χ4n) is 5.43. The lowest BCUT2D eigenvalue weighted by Gasteiger charge is -2.37. The molecule has 2 aromatic rings. The second-order valence-electron chi connectivity index (χ2n) is 10.1. The number of allylic oxidation sites excluding steroid dienone is 2. The van der Waals surface area contributed by atoms with E-state index in [2.05, 4.69) is 0 Å². The van der Waals surface area contributed by atoms with Crippen molar-refractivity contribution < 1.29 is 28.5 Å². The van der Waals surface area contributed by atoms with Crippen LogP contribution in [0.3, 0.4) is 0 Å². The van der Waals surface area contributed by atoms with Gasteiger partial charge in [0.25, 0.3) is 0 Å². The molecular weight excluding hydrogens is 482 g/mol. The molecule has 7 heteroatoms. The lowest BCUT2D eigenvalue weighted by molar-refractivity contribution is -0.146. The average molecular weight is 520 g/mol. The molecule has 1 heterocycles. The number of methoxy groups -OCH3 is 2. The van der Waals surface area contributed by atoms with Crippen molar-refractivity contribution in [3.05, 3.63) is 64.9 Å². The van der Waals surface area contributed by atoms with Gasteiger partial charge in [-0.1, -0.05) is 31.2 Å². The smallest absolute Gasteiger partial charge is 0.315 e. The Hall–Kier alpha value is -3.61. The highest BCUT2D eigenvalue weighted by Gasteiger charge is 2.45. The third-order valence-electron chi connectivity index (χ3n) is 7.09. The van der Waals surface area contributed by atoms with Gasteiger partial charge >= 0.3 is 5.97 Å². The van der Waals surface area contributed by atoms with Crippen LogP contribution in [0.4, 0.5) is 0 Å². The number of rotatable bonds is 9. The number of ether oxygens (including phenoxy) is 4. The molecule has 0 amide bonds. The fourth-order valence-corrected chi connectivity index (χ4v) is 5.43. The van der Waals surface area contributed by atoms with Crippen molar-refractivity contribution in [1.82, 2.24) is 0 Å². The van der Waals surface area contributed by atoms with Gasteiger partial charge in [-0.3, -0.25) is 14.6 Å². The quantitative estimate of drug-likeness (QED) is 0.377. The summed E-state index contributed by atoms with van der Waals surface area (Å²) < 4.78 is 22.6. The summed E-state index contributed by atoms with van der Waals surface area (Å²) in [7, 11) is 3.20. The number of benzene rings is 2. The Kier molecular flexibility index (Phi) is 8.55. The minimum atomic E-state index is -0.696. The number of esters is 1. The zero-order chi connectivity index (χ0) is 27.4. The highest BCUT2D eigenvalue weighted by molar-refractivity contribution is 6.09. The van der Waals surface area contributed by atoms with Gasteiger partial charge < -0.3 is 18.9 Å². The highest BCUT2D eigenvalue weighted by atomic mass is 16.5. The van der Waals surface area contributed by atoms with Gasteiger partial charge in [-0.25, -0.2) is 0 Å². The maximum absolute atomic E-state index is 13.9. The van der Waals surface area contributed by atoms with Gasteiger partial charge in [0.1, 0.15) is 11.7 Å². The Morgan fingerprint density at radius 3 is 2.45 bits per heavy atom. The van der Waals surface area contributed by atoms with Gasteiger partial charge in [-0.2, -0.15) is 0 Å². The zero-order valence-electron chi connectivity index (χ0n) is 23.1. The van der Waals surface area contributed by atoms with Crippen LogP contribution in [-0.2, 0) is 14.3 Å². The molecule has 2 aromatic carbocycles. The van der Waals surface area contributed by atoms with Crippen molar-refractivity contribution in [1.29, 1.82) is 0 Å². The van der Waals surface area contributed by atoms with Crippen LogP contribution in [-0.4, -0.2) is 44.4 Å². The molecule has 0 fully saturated rings. The molecule has 7 nitrogen and oxygen atoms in total. The molecule has 0 saturated heterocycles. The number of Topliss-reactive ketones (excluding diaryl/α,β-unsaturated/α-hetero) is 1. The monoisotopic (exact) mass is 519 g/mol. The maximum Gasteiger partial charge on any atom is 0.315 e. The van der Waals surface area contributed by atoms with Crippen molar-refractivity contribution in [3.8, 4) is 17.2 Å². The van der Waals surface area contributed by atoms with Crippen molar-refractivity contribution in [2.75, 3.05) is 20.8 Å². The van der Waals surface area contributed by atoms with Crippen LogP contribution in [0, 0.1) is 5.92 Å². The molecule has 1 unspecified atom stereocenters. The Labute approximate surface area is 224 Å². The predicted octanol–water partition coefficient (Wildman–Crippen LogP) is 6.02. The van der Waals surface area contributed by atoms with Gasteiger partial charge in [-0.05, 0) is 63.3 Å². The van der Waals surface area contributed by atoms with Gasteiger partial charge in [0, 0.05) is 34.9 Å². The van der Waals surface area contributed by atoms with E-state index >= 15 is 0 Å². The van der Waals surface area contributed by atoms with E-state index in [1.54, 1.807) is 14.2 Å². The number of ketones is 1. The first-order valence-corrected chi connectivity index (χ1v) is 13.2. The largest absolute Gasteiger partial charge is 0.493 e. The first kappa shape index (κ1) is 27.4. The van der Waals surface area contributed by atoms with Crippen molar-refractivity contribution in [2.24, 2.45) is 10.9 Å². The number of hydrogen-bond acceptors (Lipinski definition) is 7. The third kappa shape index (κ3) is 5.47. The summed E-state index contributed by atoms with van der Waals surface area (Å²) in [6.07, 6.45) is 1.54. The topological polar surface area (TPSA) is 83.4 Å². The molecule has 0 N–H and O–H groups in total. The Morgan fingerprint density at radius 2 is 1.76 bits per heavy atom. The van der Waals surface area contributed by atoms with Crippen LogP contribution in [0.1, 0.15) is 69.9 Å². The molecule has 3 atom stereocenters. The van der Waals surface area contributed by atoms with Gasteiger partial charge in [0.2, 0.25) is 0 Å². The molecule has 38 heavy (non-hydrogen) atoms.